The van der Waals surface area contributed by atoms with Gasteiger partial charge in [0.05, 0.1) is 11.8 Å². The molecule has 1 heterocycles. The zero-order valence-electron chi connectivity index (χ0n) is 8.07. The minimum absolute atomic E-state index is 0.0799. The highest BCUT2D eigenvalue weighted by molar-refractivity contribution is 5.97. The molecule has 0 amide bonds. The first kappa shape index (κ1) is 8.45. The average molecular weight is 194 g/mol. The number of cyclic esters (lactones) is 2. The molecule has 2 bridgehead atoms. The van der Waals surface area contributed by atoms with Crippen molar-refractivity contribution in [3.63, 3.8) is 0 Å². The Bertz CT molecular complexity index is 265. The van der Waals surface area contributed by atoms with Crippen molar-refractivity contribution in [1.82, 2.24) is 0 Å². The quantitative estimate of drug-likeness (QED) is 0.433. The minimum atomic E-state index is -0.239. The maximum absolute atomic E-state index is 11.5. The van der Waals surface area contributed by atoms with Gasteiger partial charge in [0.15, 0.2) is 0 Å². The van der Waals surface area contributed by atoms with Crippen LogP contribution < -0.4 is 0 Å². The molecule has 1 aliphatic heterocycles. The Kier molecular flexibility index (Phi) is 1.70. The summed E-state index contributed by atoms with van der Waals surface area (Å²) in [6.45, 7) is 0. The molecule has 0 aromatic carbocycles. The Morgan fingerprint density at radius 2 is 1.36 bits per heavy atom. The van der Waals surface area contributed by atoms with E-state index in [1.807, 2.05) is 0 Å². The zero-order valence-corrected chi connectivity index (χ0v) is 8.07. The molecular formula is C11H14O3. The predicted octanol–water partition coefficient (Wildman–Crippen LogP) is 1.51. The van der Waals surface area contributed by atoms with Crippen molar-refractivity contribution in [2.75, 3.05) is 0 Å². The van der Waals surface area contributed by atoms with E-state index in [1.54, 1.807) is 0 Å². The van der Waals surface area contributed by atoms with Gasteiger partial charge in [0.1, 0.15) is 0 Å². The second-order valence-corrected chi connectivity index (χ2v) is 4.82. The fourth-order valence-corrected chi connectivity index (χ4v) is 3.58. The summed E-state index contributed by atoms with van der Waals surface area (Å²) in [5, 5.41) is 0. The van der Waals surface area contributed by atoms with Crippen LogP contribution in [0.3, 0.4) is 0 Å². The molecule has 3 aliphatic carbocycles. The van der Waals surface area contributed by atoms with E-state index in [1.165, 1.54) is 6.42 Å². The molecule has 4 fully saturated rings. The molecule has 0 radical (unpaired) electrons. The Morgan fingerprint density at radius 3 is 1.86 bits per heavy atom. The van der Waals surface area contributed by atoms with Crippen molar-refractivity contribution in [2.45, 2.75) is 32.1 Å². The van der Waals surface area contributed by atoms with E-state index < -0.39 is 0 Å². The van der Waals surface area contributed by atoms with Gasteiger partial charge in [-0.1, -0.05) is 6.42 Å². The van der Waals surface area contributed by atoms with Crippen molar-refractivity contribution in [2.24, 2.45) is 23.7 Å². The predicted molar refractivity (Wildman–Crippen MR) is 48.1 cm³/mol. The van der Waals surface area contributed by atoms with Crippen LogP contribution in [0.4, 0.5) is 0 Å². The lowest BCUT2D eigenvalue weighted by atomic mass is 9.69. The van der Waals surface area contributed by atoms with Crippen LogP contribution in [0, 0.1) is 23.7 Å². The van der Waals surface area contributed by atoms with Gasteiger partial charge in [0, 0.05) is 0 Å². The smallest absolute Gasteiger partial charge is 0.317 e. The summed E-state index contributed by atoms with van der Waals surface area (Å²) in [6.07, 6.45) is 5.64. The summed E-state index contributed by atoms with van der Waals surface area (Å²) in [5.74, 6) is 0.219. The molecule has 1 saturated heterocycles. The molecule has 4 rings (SSSR count). The topological polar surface area (TPSA) is 43.4 Å². The molecule has 0 aromatic heterocycles. The second kappa shape index (κ2) is 2.81. The molecule has 76 valence electrons. The summed E-state index contributed by atoms with van der Waals surface area (Å²) >= 11 is 0. The zero-order chi connectivity index (χ0) is 9.71. The monoisotopic (exact) mass is 194 g/mol. The second-order valence-electron chi connectivity index (χ2n) is 4.82. The van der Waals surface area contributed by atoms with Crippen LogP contribution >= 0.6 is 0 Å². The first-order valence-corrected chi connectivity index (χ1v) is 5.53. The number of hydrogen-bond acceptors (Lipinski definition) is 3. The third kappa shape index (κ3) is 0.983. The van der Waals surface area contributed by atoms with Crippen LogP contribution in [0.1, 0.15) is 32.1 Å². The number of rotatable bonds is 0. The van der Waals surface area contributed by atoms with Gasteiger partial charge >= 0.3 is 11.9 Å². The number of carbonyl (C=O) groups excluding carboxylic acids is 2. The molecule has 14 heavy (non-hydrogen) atoms. The van der Waals surface area contributed by atoms with Crippen molar-refractivity contribution in [3.8, 4) is 0 Å². The van der Waals surface area contributed by atoms with Gasteiger partial charge in [0.2, 0.25) is 0 Å². The minimum Gasteiger partial charge on any atom is -0.393 e. The van der Waals surface area contributed by atoms with Crippen LogP contribution in [0.25, 0.3) is 0 Å². The number of ether oxygens (including phenoxy) is 1. The van der Waals surface area contributed by atoms with Gasteiger partial charge in [-0.25, -0.2) is 0 Å². The summed E-state index contributed by atoms with van der Waals surface area (Å²) in [4.78, 5) is 23.0. The standard InChI is InChI=1S/C11H14O3/c12-10-8-6-2-1-3-7(5-4-6)9(8)11(13)14-10/h6-9H,1-5H2/t6-,7+,8+,9-. The number of hydrogen-bond donors (Lipinski definition) is 0. The maximum Gasteiger partial charge on any atom is 0.317 e. The molecule has 4 atom stereocenters. The lowest BCUT2D eigenvalue weighted by molar-refractivity contribution is -0.154. The van der Waals surface area contributed by atoms with Crippen molar-refractivity contribution >= 4 is 11.9 Å². The first-order chi connectivity index (χ1) is 6.77. The average Bonchev–Trinajstić information content (AvgIpc) is 2.42. The Labute approximate surface area is 82.8 Å². The Morgan fingerprint density at radius 1 is 0.857 bits per heavy atom. The molecule has 3 nitrogen and oxygen atoms in total. The largest absolute Gasteiger partial charge is 0.393 e. The molecule has 3 saturated carbocycles. The number of carbonyl (C=O) groups is 2. The molecule has 4 aliphatic rings. The normalized spacial score (nSPS) is 46.0. The van der Waals surface area contributed by atoms with Gasteiger partial charge in [-0.15, -0.1) is 0 Å². The van der Waals surface area contributed by atoms with Gasteiger partial charge in [-0.2, -0.15) is 0 Å². The molecule has 3 heteroatoms. The van der Waals surface area contributed by atoms with E-state index in [0.717, 1.165) is 25.7 Å². The van der Waals surface area contributed by atoms with Crippen molar-refractivity contribution < 1.29 is 14.3 Å². The van der Waals surface area contributed by atoms with E-state index >= 15 is 0 Å². The molecule has 0 N–H and O–H groups in total. The molecule has 0 aromatic rings. The Hall–Kier alpha value is -0.860. The highest BCUT2D eigenvalue weighted by Crippen LogP contribution is 2.50. The SMILES string of the molecule is O=C1OC(=O)[C@H]2[C@@H]3CCC[C@@H](CC3)[C@@H]12. The summed E-state index contributed by atoms with van der Waals surface area (Å²) in [5.41, 5.74) is 0. The highest BCUT2D eigenvalue weighted by Gasteiger charge is 2.54. The maximum atomic E-state index is 11.5. The van der Waals surface area contributed by atoms with E-state index in [4.69, 9.17) is 4.74 Å². The van der Waals surface area contributed by atoms with Crippen LogP contribution in [0.2, 0.25) is 0 Å². The lowest BCUT2D eigenvalue weighted by Gasteiger charge is -2.31. The third-order valence-corrected chi connectivity index (χ3v) is 4.21. The van der Waals surface area contributed by atoms with E-state index in [9.17, 15) is 9.59 Å². The summed E-state index contributed by atoms with van der Waals surface area (Å²) in [6, 6.07) is 0. The van der Waals surface area contributed by atoms with Crippen molar-refractivity contribution in [1.29, 1.82) is 0 Å². The first-order valence-electron chi connectivity index (χ1n) is 5.53. The fraction of sp³-hybridized carbons (Fsp3) is 0.818. The Balaban J connectivity index is 2.00. The van der Waals surface area contributed by atoms with Gasteiger partial charge < -0.3 is 4.74 Å². The molecule has 0 unspecified atom stereocenters. The van der Waals surface area contributed by atoms with Crippen LogP contribution in [-0.4, -0.2) is 11.9 Å². The lowest BCUT2D eigenvalue weighted by Crippen LogP contribution is -2.34. The van der Waals surface area contributed by atoms with Crippen molar-refractivity contribution in [3.05, 3.63) is 0 Å². The van der Waals surface area contributed by atoms with Gasteiger partial charge in [-0.3, -0.25) is 9.59 Å². The number of esters is 2. The summed E-state index contributed by atoms with van der Waals surface area (Å²) in [7, 11) is 0. The molecular weight excluding hydrogens is 180 g/mol. The van der Waals surface area contributed by atoms with Gasteiger partial charge in [-0.05, 0) is 37.5 Å². The van der Waals surface area contributed by atoms with Crippen LogP contribution in [0.5, 0.6) is 0 Å². The van der Waals surface area contributed by atoms with Crippen LogP contribution in [-0.2, 0) is 14.3 Å². The van der Waals surface area contributed by atoms with Gasteiger partial charge in [0.25, 0.3) is 0 Å². The highest BCUT2D eigenvalue weighted by atomic mass is 16.6. The van der Waals surface area contributed by atoms with E-state index in [2.05, 4.69) is 0 Å². The summed E-state index contributed by atoms with van der Waals surface area (Å²) < 4.78 is 4.77. The van der Waals surface area contributed by atoms with Crippen LogP contribution in [0.15, 0.2) is 0 Å². The van der Waals surface area contributed by atoms with E-state index in [0.29, 0.717) is 11.8 Å². The third-order valence-electron chi connectivity index (χ3n) is 4.21. The van der Waals surface area contributed by atoms with E-state index in [-0.39, 0.29) is 23.8 Å². The molecule has 0 spiro atoms. The number of fused-ring (bicyclic) bond motifs is 3. The fourth-order valence-electron chi connectivity index (χ4n) is 3.58.